The van der Waals surface area contributed by atoms with Crippen LogP contribution in [0.15, 0.2) is 30.6 Å². The first-order valence-electron chi connectivity index (χ1n) is 6.47. The van der Waals surface area contributed by atoms with E-state index in [-0.39, 0.29) is 5.69 Å². The summed E-state index contributed by atoms with van der Waals surface area (Å²) >= 11 is 7.15. The number of alkyl halides is 1. The highest BCUT2D eigenvalue weighted by atomic mass is 35.5. The molecule has 0 saturated carbocycles. The summed E-state index contributed by atoms with van der Waals surface area (Å²) in [5, 5.41) is 15.7. The van der Waals surface area contributed by atoms with Gasteiger partial charge in [-0.1, -0.05) is 0 Å². The number of benzene rings is 1. The quantitative estimate of drug-likeness (QED) is 0.404. The zero-order valence-electron chi connectivity index (χ0n) is 11.3. The van der Waals surface area contributed by atoms with Crippen LogP contribution in [0.2, 0.25) is 0 Å². The number of rotatable bonds is 5. The molecule has 1 aromatic carbocycles. The molecule has 0 saturated heterocycles. The van der Waals surface area contributed by atoms with Crippen molar-refractivity contribution < 1.29 is 4.92 Å². The Morgan fingerprint density at radius 3 is 3.05 bits per heavy atom. The molecule has 0 atom stereocenters. The molecule has 2 heterocycles. The van der Waals surface area contributed by atoms with Crippen molar-refractivity contribution in [3.63, 3.8) is 0 Å². The Kier molecular flexibility index (Phi) is 4.17. The Morgan fingerprint density at radius 1 is 1.41 bits per heavy atom. The molecule has 0 unspecified atom stereocenters. The Labute approximate surface area is 134 Å². The number of nitro benzene ring substituents is 1. The fourth-order valence-electron chi connectivity index (χ4n) is 1.96. The third-order valence-corrected chi connectivity index (χ3v) is 4.15. The second-order valence-electron chi connectivity index (χ2n) is 4.52. The smallest absolute Gasteiger partial charge is 0.271 e. The Hall–Kier alpha value is -2.25. The predicted octanol–water partition coefficient (Wildman–Crippen LogP) is 3.81. The van der Waals surface area contributed by atoms with E-state index in [4.69, 9.17) is 11.6 Å². The van der Waals surface area contributed by atoms with Crippen LogP contribution in [0.5, 0.6) is 0 Å². The van der Waals surface area contributed by atoms with Crippen molar-refractivity contribution in [2.24, 2.45) is 0 Å². The summed E-state index contributed by atoms with van der Waals surface area (Å²) in [6.45, 7) is 0.667. The number of aromatic nitrogens is 3. The first-order valence-corrected chi connectivity index (χ1v) is 7.82. The summed E-state index contributed by atoms with van der Waals surface area (Å²) in [6, 6.07) is 4.70. The van der Waals surface area contributed by atoms with Crippen molar-refractivity contribution in [1.82, 2.24) is 14.8 Å². The highest BCUT2D eigenvalue weighted by Gasteiger charge is 2.09. The fraction of sp³-hybridized carbons (Fsp3) is 0.143. The maximum absolute atomic E-state index is 10.8. The summed E-state index contributed by atoms with van der Waals surface area (Å²) in [5.41, 5.74) is 1.64. The number of hydrogen-bond donors (Lipinski definition) is 0. The van der Waals surface area contributed by atoms with Crippen LogP contribution < -0.4 is 0 Å². The van der Waals surface area contributed by atoms with Crippen LogP contribution in [0, 0.1) is 10.1 Å². The molecule has 0 spiro atoms. The number of fused-ring (bicyclic) bond motifs is 1. The second-order valence-corrected chi connectivity index (χ2v) is 5.96. The van der Waals surface area contributed by atoms with Gasteiger partial charge in [0.1, 0.15) is 5.01 Å². The lowest BCUT2D eigenvalue weighted by atomic mass is 10.3. The van der Waals surface area contributed by atoms with Crippen LogP contribution in [0.4, 0.5) is 5.69 Å². The summed E-state index contributed by atoms with van der Waals surface area (Å²) in [5.74, 6) is 0.515. The topological polar surface area (TPSA) is 73.8 Å². The monoisotopic (exact) mass is 334 g/mol. The molecular weight excluding hydrogens is 324 g/mol. The minimum Gasteiger partial charge on any atom is -0.271 e. The van der Waals surface area contributed by atoms with E-state index in [1.165, 1.54) is 23.5 Å². The lowest BCUT2D eigenvalue weighted by Gasteiger charge is -1.92. The molecule has 6 nitrogen and oxygen atoms in total. The van der Waals surface area contributed by atoms with Gasteiger partial charge in [-0.15, -0.1) is 22.9 Å². The molecule has 0 aliphatic carbocycles. The highest BCUT2D eigenvalue weighted by molar-refractivity contribution is 7.19. The Bertz CT molecular complexity index is 856. The number of nitrogens with zero attached hydrogens (tertiary/aromatic N) is 4. The van der Waals surface area contributed by atoms with Gasteiger partial charge in [0, 0.05) is 29.8 Å². The normalized spacial score (nSPS) is 11.5. The van der Waals surface area contributed by atoms with E-state index in [1.807, 2.05) is 18.3 Å². The number of nitro groups is 1. The lowest BCUT2D eigenvalue weighted by Crippen LogP contribution is -1.98. The van der Waals surface area contributed by atoms with Crippen LogP contribution in [0.1, 0.15) is 10.6 Å². The minimum absolute atomic E-state index is 0.0516. The maximum Gasteiger partial charge on any atom is 0.271 e. The van der Waals surface area contributed by atoms with Crippen molar-refractivity contribution in [2.45, 2.75) is 6.54 Å². The molecule has 112 valence electrons. The number of hydrogen-bond acceptors (Lipinski definition) is 5. The van der Waals surface area contributed by atoms with Gasteiger partial charge in [0.2, 0.25) is 0 Å². The number of thiazole rings is 1. The van der Waals surface area contributed by atoms with E-state index >= 15 is 0 Å². The number of non-ortho nitro benzene ring substituents is 1. The highest BCUT2D eigenvalue weighted by Crippen LogP contribution is 2.26. The molecule has 8 heteroatoms. The summed E-state index contributed by atoms with van der Waals surface area (Å²) in [4.78, 5) is 14.7. The molecule has 0 fully saturated rings. The standard InChI is InChI=1S/C14H11ClN4O2S/c15-5-6-18-9-10(8-16-18)1-4-14-17-12-7-11(19(20)21)2-3-13(12)22-14/h1-4,7-9H,5-6H2/b4-1+. The molecule has 0 aliphatic rings. The average Bonchev–Trinajstić information content (AvgIpc) is 3.10. The van der Waals surface area contributed by atoms with E-state index in [0.717, 1.165) is 15.3 Å². The summed E-state index contributed by atoms with van der Waals surface area (Å²) < 4.78 is 2.69. The zero-order chi connectivity index (χ0) is 15.5. The SMILES string of the molecule is O=[N+]([O-])c1ccc2sc(/C=C/c3cnn(CCCl)c3)nc2c1. The summed E-state index contributed by atoms with van der Waals surface area (Å²) in [7, 11) is 0. The van der Waals surface area contributed by atoms with Crippen molar-refractivity contribution in [3.05, 3.63) is 51.3 Å². The van der Waals surface area contributed by atoms with Gasteiger partial charge in [0.25, 0.3) is 5.69 Å². The van der Waals surface area contributed by atoms with E-state index in [0.29, 0.717) is 17.9 Å². The molecular formula is C14H11ClN4O2S. The van der Waals surface area contributed by atoms with Crippen LogP contribution >= 0.6 is 22.9 Å². The molecule has 3 rings (SSSR count). The van der Waals surface area contributed by atoms with Crippen molar-refractivity contribution in [2.75, 3.05) is 5.88 Å². The van der Waals surface area contributed by atoms with Crippen LogP contribution in [0.25, 0.3) is 22.4 Å². The average molecular weight is 335 g/mol. The van der Waals surface area contributed by atoms with Crippen molar-refractivity contribution >= 4 is 51.0 Å². The van der Waals surface area contributed by atoms with Crippen LogP contribution in [-0.2, 0) is 6.54 Å². The number of aryl methyl sites for hydroxylation is 1. The van der Waals surface area contributed by atoms with Gasteiger partial charge in [-0.2, -0.15) is 5.10 Å². The second kappa shape index (κ2) is 6.25. The molecule has 0 amide bonds. The van der Waals surface area contributed by atoms with Gasteiger partial charge in [0.15, 0.2) is 0 Å². The van der Waals surface area contributed by atoms with Gasteiger partial charge in [-0.05, 0) is 18.2 Å². The molecule has 0 N–H and O–H groups in total. The van der Waals surface area contributed by atoms with Crippen LogP contribution in [0.3, 0.4) is 0 Å². The van der Waals surface area contributed by atoms with E-state index in [2.05, 4.69) is 10.1 Å². The Balaban J connectivity index is 1.83. The molecule has 0 aliphatic heterocycles. The van der Waals surface area contributed by atoms with Gasteiger partial charge < -0.3 is 0 Å². The van der Waals surface area contributed by atoms with Crippen LogP contribution in [-0.4, -0.2) is 25.6 Å². The largest absolute Gasteiger partial charge is 0.271 e. The first-order chi connectivity index (χ1) is 10.7. The molecule has 0 bridgehead atoms. The molecule has 3 aromatic rings. The Morgan fingerprint density at radius 2 is 2.27 bits per heavy atom. The van der Waals surface area contributed by atoms with E-state index < -0.39 is 4.92 Å². The number of halogens is 1. The van der Waals surface area contributed by atoms with Crippen molar-refractivity contribution in [1.29, 1.82) is 0 Å². The molecule has 0 radical (unpaired) electrons. The van der Waals surface area contributed by atoms with Crippen molar-refractivity contribution in [3.8, 4) is 0 Å². The fourth-order valence-corrected chi connectivity index (χ4v) is 2.98. The third kappa shape index (κ3) is 3.15. The molecule has 22 heavy (non-hydrogen) atoms. The van der Waals surface area contributed by atoms with Gasteiger partial charge in [-0.25, -0.2) is 4.98 Å². The lowest BCUT2D eigenvalue weighted by molar-refractivity contribution is -0.384. The zero-order valence-corrected chi connectivity index (χ0v) is 12.9. The maximum atomic E-state index is 10.8. The predicted molar refractivity (Wildman–Crippen MR) is 88.1 cm³/mol. The molecule has 2 aromatic heterocycles. The van der Waals surface area contributed by atoms with Gasteiger partial charge >= 0.3 is 0 Å². The minimum atomic E-state index is -0.417. The van der Waals surface area contributed by atoms with E-state index in [9.17, 15) is 10.1 Å². The van der Waals surface area contributed by atoms with Gasteiger partial charge in [0.05, 0.1) is 27.9 Å². The van der Waals surface area contributed by atoms with E-state index in [1.54, 1.807) is 16.9 Å². The third-order valence-electron chi connectivity index (χ3n) is 2.98. The first kappa shape index (κ1) is 14.7. The van der Waals surface area contributed by atoms with Gasteiger partial charge in [-0.3, -0.25) is 14.8 Å². The summed E-state index contributed by atoms with van der Waals surface area (Å²) in [6.07, 6.45) is 7.43.